The van der Waals surface area contributed by atoms with Crippen molar-refractivity contribution in [2.24, 2.45) is 0 Å². The van der Waals surface area contributed by atoms with Crippen molar-refractivity contribution in [1.82, 2.24) is 0 Å². The molecule has 35 heavy (non-hydrogen) atoms. The highest BCUT2D eigenvalue weighted by molar-refractivity contribution is 6.31. The number of rotatable bonds is 3. The summed E-state index contributed by atoms with van der Waals surface area (Å²) in [6.07, 6.45) is 0. The van der Waals surface area contributed by atoms with E-state index in [9.17, 15) is 0 Å². The van der Waals surface area contributed by atoms with Gasteiger partial charge in [-0.05, 0) is 97.4 Å². The minimum atomic E-state index is 0.659. The third kappa shape index (κ3) is 3.95. The number of nitriles is 1. The molecule has 2 heteroatoms. The fourth-order valence-electron chi connectivity index (χ4n) is 4.82. The number of halogens is 1. The van der Waals surface area contributed by atoms with Gasteiger partial charge in [-0.2, -0.15) is 5.26 Å². The van der Waals surface area contributed by atoms with Gasteiger partial charge in [0.05, 0.1) is 11.6 Å². The third-order valence-electron chi connectivity index (χ3n) is 6.52. The quantitative estimate of drug-likeness (QED) is 0.239. The van der Waals surface area contributed by atoms with Gasteiger partial charge in [-0.25, -0.2) is 0 Å². The molecule has 0 aromatic heterocycles. The lowest BCUT2D eigenvalue weighted by Crippen LogP contribution is -1.87. The smallest absolute Gasteiger partial charge is 0.0991 e. The molecule has 164 valence electrons. The van der Waals surface area contributed by atoms with Crippen LogP contribution in [0.1, 0.15) is 5.56 Å². The number of fused-ring (bicyclic) bond motifs is 3. The Labute approximate surface area is 209 Å². The first-order valence-electron chi connectivity index (χ1n) is 11.5. The standard InChI is InChI=1S/C33H20ClN/c34-29-18-27(25-8-5-7-24(16-25)23-14-12-22(21-35)13-15-23)17-28(19-29)33-20-26-6-1-2-9-30(26)31-10-3-4-11-32(31)33/h1-20H. The molecular weight excluding hydrogens is 446 g/mol. The first-order chi connectivity index (χ1) is 17.2. The molecule has 0 fully saturated rings. The molecule has 0 aliphatic heterocycles. The van der Waals surface area contributed by atoms with E-state index in [4.69, 9.17) is 16.9 Å². The lowest BCUT2D eigenvalue weighted by Gasteiger charge is -2.13. The van der Waals surface area contributed by atoms with E-state index in [0.29, 0.717) is 10.6 Å². The Hall–Kier alpha value is -4.38. The molecule has 0 bridgehead atoms. The summed E-state index contributed by atoms with van der Waals surface area (Å²) < 4.78 is 0. The second-order valence-electron chi connectivity index (χ2n) is 8.69. The molecule has 0 saturated carbocycles. The fourth-order valence-corrected chi connectivity index (χ4v) is 5.06. The van der Waals surface area contributed by atoms with Crippen LogP contribution in [0.5, 0.6) is 0 Å². The zero-order valence-electron chi connectivity index (χ0n) is 18.9. The predicted octanol–water partition coefficient (Wildman–Crippen LogP) is 9.52. The molecule has 0 radical (unpaired) electrons. The molecular formula is C33H20ClN. The Morgan fingerprint density at radius 1 is 0.486 bits per heavy atom. The molecule has 0 atom stereocenters. The largest absolute Gasteiger partial charge is 0.192 e. The first-order valence-corrected chi connectivity index (χ1v) is 11.9. The van der Waals surface area contributed by atoms with Crippen molar-refractivity contribution in [2.75, 3.05) is 0 Å². The van der Waals surface area contributed by atoms with Crippen molar-refractivity contribution >= 4 is 33.1 Å². The Morgan fingerprint density at radius 2 is 1.11 bits per heavy atom. The maximum absolute atomic E-state index is 9.10. The van der Waals surface area contributed by atoms with Crippen molar-refractivity contribution in [3.05, 3.63) is 132 Å². The monoisotopic (exact) mass is 465 g/mol. The predicted molar refractivity (Wildman–Crippen MR) is 147 cm³/mol. The van der Waals surface area contributed by atoms with Crippen molar-refractivity contribution in [3.63, 3.8) is 0 Å². The summed E-state index contributed by atoms with van der Waals surface area (Å²) in [5.41, 5.74) is 7.27. The summed E-state index contributed by atoms with van der Waals surface area (Å²) in [5, 5.41) is 14.7. The van der Waals surface area contributed by atoms with Gasteiger partial charge in [0.1, 0.15) is 0 Å². The van der Waals surface area contributed by atoms with Crippen LogP contribution in [0.3, 0.4) is 0 Å². The Morgan fingerprint density at radius 3 is 1.89 bits per heavy atom. The maximum atomic E-state index is 9.10. The van der Waals surface area contributed by atoms with Gasteiger partial charge in [-0.15, -0.1) is 0 Å². The van der Waals surface area contributed by atoms with Gasteiger partial charge in [-0.1, -0.05) is 90.5 Å². The zero-order chi connectivity index (χ0) is 23.8. The van der Waals surface area contributed by atoms with Gasteiger partial charge in [0.25, 0.3) is 0 Å². The molecule has 0 amide bonds. The maximum Gasteiger partial charge on any atom is 0.0991 e. The molecule has 0 aliphatic carbocycles. The number of hydrogen-bond acceptors (Lipinski definition) is 1. The summed E-state index contributed by atoms with van der Waals surface area (Å²) in [6.45, 7) is 0. The molecule has 0 aliphatic rings. The van der Waals surface area contributed by atoms with Crippen molar-refractivity contribution in [3.8, 4) is 39.4 Å². The van der Waals surface area contributed by atoms with Crippen molar-refractivity contribution in [1.29, 1.82) is 5.26 Å². The van der Waals surface area contributed by atoms with Crippen LogP contribution < -0.4 is 0 Å². The second kappa shape index (κ2) is 8.76. The van der Waals surface area contributed by atoms with Gasteiger partial charge >= 0.3 is 0 Å². The molecule has 6 aromatic carbocycles. The molecule has 6 aromatic rings. The Balaban J connectivity index is 1.50. The van der Waals surface area contributed by atoms with Gasteiger partial charge in [-0.3, -0.25) is 0 Å². The summed E-state index contributed by atoms with van der Waals surface area (Å²) in [4.78, 5) is 0. The fraction of sp³-hybridized carbons (Fsp3) is 0. The average molecular weight is 466 g/mol. The van der Waals surface area contributed by atoms with E-state index in [2.05, 4.69) is 91.0 Å². The van der Waals surface area contributed by atoms with E-state index in [0.717, 1.165) is 27.8 Å². The highest BCUT2D eigenvalue weighted by atomic mass is 35.5. The highest BCUT2D eigenvalue weighted by Crippen LogP contribution is 2.38. The van der Waals surface area contributed by atoms with Crippen LogP contribution in [0.4, 0.5) is 0 Å². The van der Waals surface area contributed by atoms with E-state index in [1.807, 2.05) is 36.4 Å². The molecule has 0 N–H and O–H groups in total. The van der Waals surface area contributed by atoms with Crippen LogP contribution in [-0.2, 0) is 0 Å². The normalized spacial score (nSPS) is 11.0. The van der Waals surface area contributed by atoms with Gasteiger partial charge < -0.3 is 0 Å². The van der Waals surface area contributed by atoms with E-state index in [-0.39, 0.29) is 0 Å². The summed E-state index contributed by atoms with van der Waals surface area (Å²) in [6, 6.07) is 43.9. The lowest BCUT2D eigenvalue weighted by atomic mass is 9.91. The number of benzene rings is 6. The van der Waals surface area contributed by atoms with Crippen LogP contribution in [0.2, 0.25) is 5.02 Å². The van der Waals surface area contributed by atoms with Crippen LogP contribution in [0.15, 0.2) is 121 Å². The molecule has 0 unspecified atom stereocenters. The molecule has 0 saturated heterocycles. The van der Waals surface area contributed by atoms with Crippen molar-refractivity contribution < 1.29 is 0 Å². The third-order valence-corrected chi connectivity index (χ3v) is 6.74. The van der Waals surface area contributed by atoms with Gasteiger partial charge in [0.2, 0.25) is 0 Å². The Kier molecular flexibility index (Phi) is 5.30. The number of hydrogen-bond donors (Lipinski definition) is 0. The zero-order valence-corrected chi connectivity index (χ0v) is 19.6. The average Bonchev–Trinajstić information content (AvgIpc) is 2.92. The lowest BCUT2D eigenvalue weighted by molar-refractivity contribution is 1.48. The molecule has 0 spiro atoms. The minimum Gasteiger partial charge on any atom is -0.192 e. The summed E-state index contributed by atoms with van der Waals surface area (Å²) in [7, 11) is 0. The van der Waals surface area contributed by atoms with Crippen LogP contribution >= 0.6 is 11.6 Å². The van der Waals surface area contributed by atoms with Crippen LogP contribution in [0.25, 0.3) is 54.9 Å². The van der Waals surface area contributed by atoms with Gasteiger partial charge in [0, 0.05) is 5.02 Å². The van der Waals surface area contributed by atoms with Gasteiger partial charge in [0.15, 0.2) is 0 Å². The van der Waals surface area contributed by atoms with E-state index in [1.54, 1.807) is 0 Å². The summed E-state index contributed by atoms with van der Waals surface area (Å²) >= 11 is 6.68. The topological polar surface area (TPSA) is 23.8 Å². The van der Waals surface area contributed by atoms with Crippen LogP contribution in [0, 0.1) is 11.3 Å². The highest BCUT2D eigenvalue weighted by Gasteiger charge is 2.11. The first kappa shape index (κ1) is 21.2. The molecule has 0 heterocycles. The van der Waals surface area contributed by atoms with E-state index in [1.165, 1.54) is 27.1 Å². The van der Waals surface area contributed by atoms with E-state index < -0.39 is 0 Å². The van der Waals surface area contributed by atoms with E-state index >= 15 is 0 Å². The molecule has 6 rings (SSSR count). The van der Waals surface area contributed by atoms with Crippen molar-refractivity contribution in [2.45, 2.75) is 0 Å². The summed E-state index contributed by atoms with van der Waals surface area (Å²) in [5.74, 6) is 0. The SMILES string of the molecule is N#Cc1ccc(-c2cccc(-c3cc(Cl)cc(-c4cc5ccccc5c5ccccc45)c3)c2)cc1. The minimum absolute atomic E-state index is 0.659. The number of nitrogens with zero attached hydrogens (tertiary/aromatic N) is 1. The molecule has 1 nitrogen and oxygen atoms in total. The van der Waals surface area contributed by atoms with Crippen LogP contribution in [-0.4, -0.2) is 0 Å². The second-order valence-corrected chi connectivity index (χ2v) is 9.13. The Bertz CT molecular complexity index is 1760.